The van der Waals surface area contributed by atoms with Gasteiger partial charge in [0.2, 0.25) is 0 Å². The third kappa shape index (κ3) is 5.22. The van der Waals surface area contributed by atoms with Crippen LogP contribution >= 0.6 is 8.69 Å². The first-order valence-electron chi connectivity index (χ1n) is 4.24. The van der Waals surface area contributed by atoms with E-state index in [-0.39, 0.29) is 6.54 Å². The molecule has 0 aliphatic rings. The van der Waals surface area contributed by atoms with Crippen molar-refractivity contribution in [2.24, 2.45) is 0 Å². The summed E-state index contributed by atoms with van der Waals surface area (Å²) in [6.45, 7) is 0.214. The molecule has 0 bridgehead atoms. The molecule has 0 saturated carbocycles. The zero-order valence-corrected chi connectivity index (χ0v) is 8.78. The lowest BCUT2D eigenvalue weighted by Gasteiger charge is -2.03. The predicted molar refractivity (Wildman–Crippen MR) is 52.9 cm³/mol. The highest BCUT2D eigenvalue weighted by atomic mass is 31.1. The zero-order chi connectivity index (χ0) is 10.9. The molecule has 0 aliphatic heterocycles. The van der Waals surface area contributed by atoms with Crippen molar-refractivity contribution in [1.29, 1.82) is 0 Å². The van der Waals surface area contributed by atoms with Crippen molar-refractivity contribution in [2.45, 2.75) is 6.61 Å². The average Bonchev–Trinajstić information content (AvgIpc) is 2.26. The normalized spacial score (nSPS) is 10.1. The maximum atomic E-state index is 10.7. The van der Waals surface area contributed by atoms with Gasteiger partial charge in [-0.2, -0.15) is 5.48 Å². The van der Waals surface area contributed by atoms with E-state index in [1.807, 2.05) is 30.3 Å². The summed E-state index contributed by atoms with van der Waals surface area (Å²) < 4.78 is 14.0. The van der Waals surface area contributed by atoms with E-state index >= 15 is 0 Å². The molecule has 0 atom stereocenters. The van der Waals surface area contributed by atoms with Crippen LogP contribution in [0.5, 0.6) is 0 Å². The molecule has 0 spiro atoms. The topological polar surface area (TPSA) is 64.6 Å². The molecule has 0 fully saturated rings. The Labute approximate surface area is 88.6 Å². The lowest BCUT2D eigenvalue weighted by atomic mass is 10.2. The van der Waals surface area contributed by atoms with Crippen LogP contribution in [0.1, 0.15) is 5.56 Å². The van der Waals surface area contributed by atoms with E-state index < -0.39 is 14.7 Å². The molecule has 6 heteroatoms. The van der Waals surface area contributed by atoms with Crippen LogP contribution < -0.4 is 5.48 Å². The molecule has 80 valence electrons. The summed E-state index contributed by atoms with van der Waals surface area (Å²) in [5, 5.41) is 0. The molecule has 0 unspecified atom stereocenters. The summed E-state index contributed by atoms with van der Waals surface area (Å²) in [4.78, 5) is 15.7. The molecule has 0 radical (unpaired) electrons. The smallest absolute Gasteiger partial charge is 0.372 e. The highest BCUT2D eigenvalue weighted by Crippen LogP contribution is 1.99. The second-order valence-corrected chi connectivity index (χ2v) is 2.96. The van der Waals surface area contributed by atoms with Crippen LogP contribution in [0.15, 0.2) is 30.3 Å². The van der Waals surface area contributed by atoms with Gasteiger partial charge in [-0.05, 0) is 5.56 Å². The van der Waals surface area contributed by atoms with Crippen molar-refractivity contribution in [2.75, 3.05) is 6.54 Å². The maximum Gasteiger partial charge on any atom is 0.398 e. The summed E-state index contributed by atoms with van der Waals surface area (Å²) in [6, 6.07) is 9.49. The third-order valence-corrected chi connectivity index (χ3v) is 1.82. The van der Waals surface area contributed by atoms with Gasteiger partial charge in [-0.15, -0.1) is 0 Å². The van der Waals surface area contributed by atoms with Gasteiger partial charge in [0.1, 0.15) is 6.54 Å². The van der Waals surface area contributed by atoms with Gasteiger partial charge < -0.3 is 4.52 Å². The van der Waals surface area contributed by atoms with Crippen molar-refractivity contribution in [1.82, 2.24) is 5.48 Å². The van der Waals surface area contributed by atoms with Gasteiger partial charge >= 0.3 is 14.7 Å². The maximum absolute atomic E-state index is 10.7. The zero-order valence-electron chi connectivity index (χ0n) is 7.88. The summed E-state index contributed by atoms with van der Waals surface area (Å²) in [6.07, 6.45) is 0. The molecular formula is C9H10NO4P. The number of hydrogen-bond acceptors (Lipinski definition) is 5. The minimum absolute atomic E-state index is 0.137. The van der Waals surface area contributed by atoms with Gasteiger partial charge in [0.25, 0.3) is 0 Å². The average molecular weight is 227 g/mol. The largest absolute Gasteiger partial charge is 0.398 e. The molecule has 1 N–H and O–H groups in total. The summed E-state index contributed by atoms with van der Waals surface area (Å²) in [5.74, 6) is -0.639. The molecule has 0 aromatic heterocycles. The number of benzene rings is 1. The Morgan fingerprint density at radius 1 is 1.33 bits per heavy atom. The highest BCUT2D eigenvalue weighted by Gasteiger charge is 2.01. The van der Waals surface area contributed by atoms with Crippen LogP contribution in [0.4, 0.5) is 0 Å². The second kappa shape index (κ2) is 7.06. The standard InChI is InChI=1S/C9H10NO4P/c11-9(14-15-12)6-10-13-7-8-4-2-1-3-5-8/h1-5,10H,6-7H2. The Balaban J connectivity index is 2.12. The van der Waals surface area contributed by atoms with E-state index in [0.29, 0.717) is 6.61 Å². The second-order valence-electron chi connectivity index (χ2n) is 2.63. The van der Waals surface area contributed by atoms with Crippen molar-refractivity contribution >= 4 is 14.7 Å². The number of hydroxylamine groups is 1. The molecule has 5 nitrogen and oxygen atoms in total. The fourth-order valence-corrected chi connectivity index (χ4v) is 1.04. The van der Waals surface area contributed by atoms with Gasteiger partial charge in [0.05, 0.1) is 6.61 Å². The fraction of sp³-hybridized carbons (Fsp3) is 0.222. The van der Waals surface area contributed by atoms with E-state index in [9.17, 15) is 9.36 Å². The van der Waals surface area contributed by atoms with E-state index in [4.69, 9.17) is 4.84 Å². The van der Waals surface area contributed by atoms with Crippen molar-refractivity contribution in [3.8, 4) is 0 Å². The van der Waals surface area contributed by atoms with Crippen LogP contribution in [-0.2, 0) is 25.3 Å². The van der Waals surface area contributed by atoms with Crippen molar-refractivity contribution < 1.29 is 18.7 Å². The molecule has 1 aromatic carbocycles. The summed E-state index contributed by atoms with van der Waals surface area (Å²) in [5.41, 5.74) is 3.39. The quantitative estimate of drug-likeness (QED) is 0.452. The van der Waals surface area contributed by atoms with Gasteiger partial charge in [0.15, 0.2) is 0 Å². The Morgan fingerprint density at radius 3 is 2.73 bits per heavy atom. The predicted octanol–water partition coefficient (Wildman–Crippen LogP) is 1.46. The van der Waals surface area contributed by atoms with Crippen LogP contribution in [0, 0.1) is 0 Å². The Hall–Kier alpha value is -1.29. The summed E-state index contributed by atoms with van der Waals surface area (Å²) in [7, 11) is -0.652. The van der Waals surface area contributed by atoms with Crippen LogP contribution in [0.2, 0.25) is 0 Å². The van der Waals surface area contributed by atoms with Gasteiger partial charge in [-0.3, -0.25) is 4.84 Å². The van der Waals surface area contributed by atoms with Crippen LogP contribution in [0.25, 0.3) is 0 Å². The first-order valence-corrected chi connectivity index (χ1v) is 4.97. The first-order chi connectivity index (χ1) is 7.33. The lowest BCUT2D eigenvalue weighted by molar-refractivity contribution is -0.135. The summed E-state index contributed by atoms with van der Waals surface area (Å²) >= 11 is 0. The molecule has 0 saturated heterocycles. The molecule has 0 heterocycles. The Bertz CT molecular complexity index is 317. The van der Waals surface area contributed by atoms with E-state index in [0.717, 1.165) is 5.56 Å². The molecule has 1 rings (SSSR count). The van der Waals surface area contributed by atoms with Gasteiger partial charge in [0, 0.05) is 0 Å². The van der Waals surface area contributed by atoms with E-state index in [1.165, 1.54) is 0 Å². The monoisotopic (exact) mass is 227 g/mol. The third-order valence-electron chi connectivity index (χ3n) is 1.54. The fourth-order valence-electron chi connectivity index (χ4n) is 0.892. The van der Waals surface area contributed by atoms with Crippen LogP contribution in [0.3, 0.4) is 0 Å². The van der Waals surface area contributed by atoms with Crippen LogP contribution in [-0.4, -0.2) is 12.5 Å². The Kier molecular flexibility index (Phi) is 5.55. The minimum atomic E-state index is -0.652. The van der Waals surface area contributed by atoms with Gasteiger partial charge in [-0.25, -0.2) is 9.36 Å². The van der Waals surface area contributed by atoms with Gasteiger partial charge in [-0.1, -0.05) is 30.3 Å². The molecule has 1 aromatic rings. The van der Waals surface area contributed by atoms with E-state index in [1.54, 1.807) is 0 Å². The SMILES string of the molecule is O=POC(=O)CNOCc1ccccc1. The van der Waals surface area contributed by atoms with E-state index in [2.05, 4.69) is 10.0 Å². The molecule has 0 aliphatic carbocycles. The number of carbonyl (C=O) groups is 1. The number of nitrogens with one attached hydrogen (secondary N) is 1. The number of carbonyl (C=O) groups excluding carboxylic acids is 1. The lowest BCUT2D eigenvalue weighted by Crippen LogP contribution is -2.23. The first kappa shape index (κ1) is 11.8. The molecule has 15 heavy (non-hydrogen) atoms. The Morgan fingerprint density at radius 2 is 2.07 bits per heavy atom. The molecule has 0 amide bonds. The van der Waals surface area contributed by atoms with Crippen molar-refractivity contribution in [3.05, 3.63) is 35.9 Å². The number of hydrogen-bond donors (Lipinski definition) is 1. The highest BCUT2D eigenvalue weighted by molar-refractivity contribution is 7.18. The van der Waals surface area contributed by atoms with Crippen molar-refractivity contribution in [3.63, 3.8) is 0 Å². The minimum Gasteiger partial charge on any atom is -0.372 e. The molecular weight excluding hydrogens is 217 g/mol. The number of rotatable bonds is 6.